The molecule has 4 rings (SSSR count). The molecule has 29 heavy (non-hydrogen) atoms. The highest BCUT2D eigenvalue weighted by atomic mass is 16.6. The predicted molar refractivity (Wildman–Crippen MR) is 115 cm³/mol. The Morgan fingerprint density at radius 3 is 2.41 bits per heavy atom. The Labute approximate surface area is 173 Å². The van der Waals surface area contributed by atoms with Gasteiger partial charge < -0.3 is 19.3 Å². The van der Waals surface area contributed by atoms with E-state index in [1.54, 1.807) is 0 Å². The Morgan fingerprint density at radius 2 is 1.72 bits per heavy atom. The topological polar surface area (TPSA) is 42.0 Å². The van der Waals surface area contributed by atoms with Gasteiger partial charge in [-0.05, 0) is 62.4 Å². The maximum atomic E-state index is 12.5. The highest BCUT2D eigenvalue weighted by Gasteiger charge is 2.26. The third kappa shape index (κ3) is 4.66. The smallest absolute Gasteiger partial charge is 0.410 e. The zero-order chi connectivity index (χ0) is 20.4. The summed E-state index contributed by atoms with van der Waals surface area (Å²) >= 11 is 0. The lowest BCUT2D eigenvalue weighted by Gasteiger charge is -2.32. The number of hydrogen-bond donors (Lipinski definition) is 0. The third-order valence-corrected chi connectivity index (χ3v) is 5.41. The van der Waals surface area contributed by atoms with E-state index in [1.807, 2.05) is 31.7 Å². The molecule has 0 unspecified atom stereocenters. The van der Waals surface area contributed by atoms with Crippen LogP contribution in [0.3, 0.4) is 0 Å². The molecule has 2 aromatic rings. The summed E-state index contributed by atoms with van der Waals surface area (Å²) < 4.78 is 11.6. The first-order valence-electron chi connectivity index (χ1n) is 10.4. The van der Waals surface area contributed by atoms with Crippen LogP contribution in [0.5, 0.6) is 5.75 Å². The minimum Gasteiger partial charge on any atom is -0.490 e. The lowest BCUT2D eigenvalue weighted by Crippen LogP contribution is -2.38. The van der Waals surface area contributed by atoms with Crippen LogP contribution in [0, 0.1) is 0 Å². The largest absolute Gasteiger partial charge is 0.490 e. The average molecular weight is 395 g/mol. The number of nitrogens with zero attached hydrogens (tertiary/aromatic N) is 2. The molecular formula is C24H30N2O3. The number of benzene rings is 2. The third-order valence-electron chi connectivity index (χ3n) is 5.41. The van der Waals surface area contributed by atoms with Crippen LogP contribution in [0.2, 0.25) is 0 Å². The quantitative estimate of drug-likeness (QED) is 0.756. The van der Waals surface area contributed by atoms with E-state index < -0.39 is 5.60 Å². The molecule has 154 valence electrons. The number of hydrogen-bond acceptors (Lipinski definition) is 4. The molecule has 2 aromatic carbocycles. The number of anilines is 1. The number of amides is 1. The molecule has 2 heterocycles. The lowest BCUT2D eigenvalue weighted by molar-refractivity contribution is 0.0258. The zero-order valence-corrected chi connectivity index (χ0v) is 17.6. The van der Waals surface area contributed by atoms with Gasteiger partial charge in [0, 0.05) is 19.6 Å². The lowest BCUT2D eigenvalue weighted by atomic mass is 10.00. The summed E-state index contributed by atoms with van der Waals surface area (Å²) in [7, 11) is 0. The second-order valence-corrected chi connectivity index (χ2v) is 8.81. The standard InChI is InChI=1S/C24H30N2O3/c1-24(2,3)29-23(27)25-11-9-19-15-21-22(16-20(19)10-12-25)28-14-13-26(21)17-18-7-5-4-6-8-18/h4-8,15-16H,9-14,17H2,1-3H3. The number of carbonyl (C=O) groups is 1. The second kappa shape index (κ2) is 7.97. The van der Waals surface area contributed by atoms with E-state index in [1.165, 1.54) is 16.7 Å². The molecule has 0 atom stereocenters. The maximum Gasteiger partial charge on any atom is 0.410 e. The Morgan fingerprint density at radius 1 is 1.03 bits per heavy atom. The molecule has 5 nitrogen and oxygen atoms in total. The fourth-order valence-corrected chi connectivity index (χ4v) is 3.97. The summed E-state index contributed by atoms with van der Waals surface area (Å²) in [4.78, 5) is 16.7. The van der Waals surface area contributed by atoms with Gasteiger partial charge in [0.1, 0.15) is 18.0 Å². The van der Waals surface area contributed by atoms with Crippen molar-refractivity contribution in [3.05, 3.63) is 59.2 Å². The van der Waals surface area contributed by atoms with Crippen molar-refractivity contribution in [2.24, 2.45) is 0 Å². The van der Waals surface area contributed by atoms with Gasteiger partial charge in [-0.3, -0.25) is 0 Å². The van der Waals surface area contributed by atoms with Crippen LogP contribution in [0.1, 0.15) is 37.5 Å². The molecule has 5 heteroatoms. The molecule has 0 N–H and O–H groups in total. The van der Waals surface area contributed by atoms with Crippen molar-refractivity contribution >= 4 is 11.8 Å². The zero-order valence-electron chi connectivity index (χ0n) is 17.6. The van der Waals surface area contributed by atoms with Gasteiger partial charge in [-0.1, -0.05) is 30.3 Å². The summed E-state index contributed by atoms with van der Waals surface area (Å²) in [5.41, 5.74) is 4.56. The van der Waals surface area contributed by atoms with Crippen LogP contribution in [-0.4, -0.2) is 42.8 Å². The van der Waals surface area contributed by atoms with E-state index in [4.69, 9.17) is 9.47 Å². The van der Waals surface area contributed by atoms with E-state index >= 15 is 0 Å². The van der Waals surface area contributed by atoms with Crippen LogP contribution >= 0.6 is 0 Å². The first kappa shape index (κ1) is 19.6. The van der Waals surface area contributed by atoms with E-state index in [9.17, 15) is 4.79 Å². The summed E-state index contributed by atoms with van der Waals surface area (Å²) in [6, 6.07) is 15.0. The van der Waals surface area contributed by atoms with Gasteiger partial charge in [-0.2, -0.15) is 0 Å². The van der Waals surface area contributed by atoms with Gasteiger partial charge >= 0.3 is 6.09 Å². The molecule has 0 aliphatic carbocycles. The van der Waals surface area contributed by atoms with Gasteiger partial charge in [0.25, 0.3) is 0 Å². The van der Waals surface area contributed by atoms with Gasteiger partial charge in [-0.15, -0.1) is 0 Å². The minimum atomic E-state index is -0.471. The Bertz CT molecular complexity index is 874. The summed E-state index contributed by atoms with van der Waals surface area (Å²) in [6.07, 6.45) is 1.43. The molecule has 0 spiro atoms. The van der Waals surface area contributed by atoms with E-state index in [-0.39, 0.29) is 6.09 Å². The number of carbonyl (C=O) groups excluding carboxylic acids is 1. The molecular weight excluding hydrogens is 364 g/mol. The maximum absolute atomic E-state index is 12.5. The minimum absolute atomic E-state index is 0.225. The number of rotatable bonds is 2. The van der Waals surface area contributed by atoms with Crippen LogP contribution in [0.4, 0.5) is 10.5 Å². The average Bonchev–Trinajstić information content (AvgIpc) is 2.88. The Kier molecular flexibility index (Phi) is 5.39. The molecule has 0 aromatic heterocycles. The molecule has 0 radical (unpaired) electrons. The van der Waals surface area contributed by atoms with Gasteiger partial charge in [-0.25, -0.2) is 4.79 Å². The van der Waals surface area contributed by atoms with Crippen molar-refractivity contribution in [1.82, 2.24) is 4.90 Å². The van der Waals surface area contributed by atoms with Gasteiger partial charge in [0.15, 0.2) is 0 Å². The summed E-state index contributed by atoms with van der Waals surface area (Å²) in [5, 5.41) is 0. The number of ether oxygens (including phenoxy) is 2. The molecule has 0 fully saturated rings. The molecule has 0 bridgehead atoms. The Hall–Kier alpha value is -2.69. The highest BCUT2D eigenvalue weighted by molar-refractivity contribution is 5.69. The van der Waals surface area contributed by atoms with Crippen molar-refractivity contribution in [2.45, 2.75) is 45.8 Å². The fourth-order valence-electron chi connectivity index (χ4n) is 3.97. The van der Waals surface area contributed by atoms with E-state index in [2.05, 4.69) is 41.3 Å². The molecule has 2 aliphatic rings. The normalized spacial score (nSPS) is 16.4. The first-order valence-corrected chi connectivity index (χ1v) is 10.4. The molecule has 0 saturated carbocycles. The SMILES string of the molecule is CC(C)(C)OC(=O)N1CCc2cc3c(cc2CC1)N(Cc1ccccc1)CCO3. The van der Waals surface area contributed by atoms with Crippen molar-refractivity contribution in [3.8, 4) is 5.75 Å². The fraction of sp³-hybridized carbons (Fsp3) is 0.458. The molecule has 2 aliphatic heterocycles. The van der Waals surface area contributed by atoms with Crippen LogP contribution in [-0.2, 0) is 24.1 Å². The Balaban J connectivity index is 1.53. The van der Waals surface area contributed by atoms with Crippen LogP contribution in [0.25, 0.3) is 0 Å². The monoisotopic (exact) mass is 394 g/mol. The van der Waals surface area contributed by atoms with Crippen LogP contribution < -0.4 is 9.64 Å². The van der Waals surface area contributed by atoms with Crippen molar-refractivity contribution < 1.29 is 14.3 Å². The van der Waals surface area contributed by atoms with Gasteiger partial charge in [0.05, 0.1) is 12.2 Å². The summed E-state index contributed by atoms with van der Waals surface area (Å²) in [6.45, 7) is 9.53. The molecule has 1 amide bonds. The second-order valence-electron chi connectivity index (χ2n) is 8.81. The first-order chi connectivity index (χ1) is 13.9. The predicted octanol–water partition coefficient (Wildman–Crippen LogP) is 4.42. The molecule has 0 saturated heterocycles. The van der Waals surface area contributed by atoms with E-state index in [0.717, 1.165) is 37.4 Å². The van der Waals surface area contributed by atoms with Crippen LogP contribution in [0.15, 0.2) is 42.5 Å². The van der Waals surface area contributed by atoms with Crippen molar-refractivity contribution in [3.63, 3.8) is 0 Å². The highest BCUT2D eigenvalue weighted by Crippen LogP contribution is 2.36. The van der Waals surface area contributed by atoms with E-state index in [0.29, 0.717) is 19.7 Å². The van der Waals surface area contributed by atoms with Crippen molar-refractivity contribution in [2.75, 3.05) is 31.1 Å². The van der Waals surface area contributed by atoms with Gasteiger partial charge in [0.2, 0.25) is 0 Å². The summed E-state index contributed by atoms with van der Waals surface area (Å²) in [5.74, 6) is 0.955. The number of fused-ring (bicyclic) bond motifs is 2. The van der Waals surface area contributed by atoms with Crippen molar-refractivity contribution in [1.29, 1.82) is 0 Å².